The van der Waals surface area contributed by atoms with Crippen molar-refractivity contribution < 1.29 is 4.79 Å². The molecule has 2 aromatic rings. The predicted octanol–water partition coefficient (Wildman–Crippen LogP) is 2.57. The molecule has 0 radical (unpaired) electrons. The Labute approximate surface area is 135 Å². The Morgan fingerprint density at radius 2 is 2.32 bits per heavy atom. The Kier molecular flexibility index (Phi) is 4.59. The molecule has 6 heteroatoms. The Morgan fingerprint density at radius 1 is 1.45 bits per heavy atom. The van der Waals surface area contributed by atoms with Gasteiger partial charge in [0, 0.05) is 37.4 Å². The fourth-order valence-electron chi connectivity index (χ4n) is 3.25. The van der Waals surface area contributed by atoms with Gasteiger partial charge in [-0.15, -0.1) is 11.3 Å². The number of likely N-dealkylation sites (tertiary alicyclic amines) is 1. The highest BCUT2D eigenvalue weighted by molar-refractivity contribution is 7.09. The molecular formula is C16H22N4OS. The Bertz CT molecular complexity index is 635. The number of piperidine rings is 1. The number of aromatic nitrogens is 2. The smallest absolute Gasteiger partial charge is 0.267 e. The summed E-state index contributed by atoms with van der Waals surface area (Å²) in [5.74, 6) is -0.0291. The van der Waals surface area contributed by atoms with E-state index in [0.717, 1.165) is 25.2 Å². The molecule has 1 N–H and O–H groups in total. The van der Waals surface area contributed by atoms with E-state index >= 15 is 0 Å². The van der Waals surface area contributed by atoms with Gasteiger partial charge in [0.1, 0.15) is 5.69 Å². The van der Waals surface area contributed by atoms with Crippen LogP contribution in [0.2, 0.25) is 0 Å². The lowest BCUT2D eigenvalue weighted by Crippen LogP contribution is -2.34. The molecule has 118 valence electrons. The zero-order valence-corrected chi connectivity index (χ0v) is 13.9. The number of hydrogen-bond donors (Lipinski definition) is 1. The summed E-state index contributed by atoms with van der Waals surface area (Å²) in [5.41, 5.74) is 3.84. The quantitative estimate of drug-likeness (QED) is 0.942. The van der Waals surface area contributed by atoms with Crippen LogP contribution in [0.3, 0.4) is 0 Å². The van der Waals surface area contributed by atoms with Gasteiger partial charge in [-0.25, -0.2) is 0 Å². The number of rotatable bonds is 4. The molecule has 22 heavy (non-hydrogen) atoms. The molecule has 1 fully saturated rings. The van der Waals surface area contributed by atoms with Gasteiger partial charge in [-0.3, -0.25) is 14.7 Å². The molecule has 0 aliphatic carbocycles. The lowest BCUT2D eigenvalue weighted by atomic mass is 9.99. The minimum atomic E-state index is -0.0291. The summed E-state index contributed by atoms with van der Waals surface area (Å²) in [5, 5.41) is 2.71. The Balaban J connectivity index is 1.84. The first kappa shape index (κ1) is 15.2. The molecule has 1 atom stereocenters. The zero-order valence-electron chi connectivity index (χ0n) is 13.1. The van der Waals surface area contributed by atoms with Crippen molar-refractivity contribution in [1.82, 2.24) is 19.8 Å². The zero-order chi connectivity index (χ0) is 15.5. The van der Waals surface area contributed by atoms with E-state index < -0.39 is 0 Å². The molecule has 0 aromatic carbocycles. The van der Waals surface area contributed by atoms with Crippen molar-refractivity contribution in [3.63, 3.8) is 0 Å². The maximum Gasteiger partial charge on any atom is 0.267 e. The van der Waals surface area contributed by atoms with Crippen LogP contribution < -0.4 is 5.32 Å². The van der Waals surface area contributed by atoms with E-state index in [2.05, 4.69) is 21.3 Å². The molecule has 1 amide bonds. The second kappa shape index (κ2) is 6.62. The summed E-state index contributed by atoms with van der Waals surface area (Å²) < 4.78 is 2.04. The van der Waals surface area contributed by atoms with Crippen molar-refractivity contribution in [3.8, 4) is 0 Å². The third kappa shape index (κ3) is 2.94. The molecule has 1 aliphatic rings. The minimum Gasteiger partial charge on any atom is -0.354 e. The lowest BCUT2D eigenvalue weighted by molar-refractivity contribution is 0.0952. The summed E-state index contributed by atoms with van der Waals surface area (Å²) in [6.45, 7) is 2.04. The van der Waals surface area contributed by atoms with Crippen molar-refractivity contribution in [3.05, 3.63) is 40.1 Å². The largest absolute Gasteiger partial charge is 0.354 e. The van der Waals surface area contributed by atoms with Crippen LogP contribution in [-0.4, -0.2) is 34.0 Å². The van der Waals surface area contributed by atoms with Gasteiger partial charge in [-0.1, -0.05) is 6.42 Å². The first-order valence-electron chi connectivity index (χ1n) is 7.70. The minimum absolute atomic E-state index is 0.0291. The van der Waals surface area contributed by atoms with Crippen molar-refractivity contribution >= 4 is 17.2 Å². The number of carbonyl (C=O) groups is 1. The van der Waals surface area contributed by atoms with Crippen LogP contribution in [0, 0.1) is 0 Å². The molecule has 3 heterocycles. The summed E-state index contributed by atoms with van der Waals surface area (Å²) >= 11 is 1.71. The molecule has 0 bridgehead atoms. The average molecular weight is 318 g/mol. The van der Waals surface area contributed by atoms with Crippen LogP contribution >= 0.6 is 11.3 Å². The van der Waals surface area contributed by atoms with Gasteiger partial charge in [-0.05, 0) is 31.5 Å². The maximum absolute atomic E-state index is 11.9. The van der Waals surface area contributed by atoms with Crippen molar-refractivity contribution in [2.24, 2.45) is 7.05 Å². The summed E-state index contributed by atoms with van der Waals surface area (Å²) in [4.78, 5) is 19.9. The Morgan fingerprint density at radius 3 is 3.05 bits per heavy atom. The van der Waals surface area contributed by atoms with Crippen molar-refractivity contribution in [2.45, 2.75) is 31.8 Å². The lowest BCUT2D eigenvalue weighted by Gasteiger charge is -2.35. The first-order chi connectivity index (χ1) is 10.7. The summed E-state index contributed by atoms with van der Waals surface area (Å²) in [7, 11) is 3.66. The third-order valence-electron chi connectivity index (χ3n) is 4.42. The van der Waals surface area contributed by atoms with Crippen molar-refractivity contribution in [1.29, 1.82) is 0 Å². The standard InChI is InChI=1S/C16H22N4OS/c1-17-16(21)15-7-6-13(19(15)2)14-5-3-4-8-20(14)10-12-9-18-11-22-12/h6-7,9,11,14H,3-5,8,10H2,1-2H3,(H,17,21)/t14-/m1/s1. The second-order valence-corrected chi connectivity index (χ2v) is 6.70. The van der Waals surface area contributed by atoms with E-state index in [1.54, 1.807) is 18.4 Å². The van der Waals surface area contributed by atoms with Crippen LogP contribution in [0.4, 0.5) is 0 Å². The van der Waals surface area contributed by atoms with Gasteiger partial charge in [0.15, 0.2) is 0 Å². The SMILES string of the molecule is CNC(=O)c1ccc([C@H]2CCCCN2Cc2cncs2)n1C. The second-order valence-electron chi connectivity index (χ2n) is 5.73. The third-order valence-corrected chi connectivity index (χ3v) is 5.18. The average Bonchev–Trinajstić information content (AvgIpc) is 3.17. The van der Waals surface area contributed by atoms with E-state index in [-0.39, 0.29) is 5.91 Å². The fraction of sp³-hybridized carbons (Fsp3) is 0.500. The number of thiazole rings is 1. The topological polar surface area (TPSA) is 50.2 Å². The van der Waals surface area contributed by atoms with E-state index in [9.17, 15) is 4.79 Å². The summed E-state index contributed by atoms with van der Waals surface area (Å²) in [6.07, 6.45) is 5.58. The summed E-state index contributed by atoms with van der Waals surface area (Å²) in [6, 6.07) is 4.40. The molecule has 5 nitrogen and oxygen atoms in total. The highest BCUT2D eigenvalue weighted by atomic mass is 32.1. The van der Waals surface area contributed by atoms with E-state index in [4.69, 9.17) is 0 Å². The normalized spacial score (nSPS) is 19.3. The molecule has 0 spiro atoms. The van der Waals surface area contributed by atoms with Gasteiger partial charge in [0.2, 0.25) is 0 Å². The van der Waals surface area contributed by atoms with E-state index in [1.165, 1.54) is 23.4 Å². The maximum atomic E-state index is 11.9. The molecule has 0 saturated carbocycles. The van der Waals surface area contributed by atoms with Crippen LogP contribution in [0.15, 0.2) is 23.8 Å². The highest BCUT2D eigenvalue weighted by Crippen LogP contribution is 2.33. The monoisotopic (exact) mass is 318 g/mol. The van der Waals surface area contributed by atoms with Gasteiger partial charge < -0.3 is 9.88 Å². The highest BCUT2D eigenvalue weighted by Gasteiger charge is 2.27. The van der Waals surface area contributed by atoms with E-state index in [1.807, 2.05) is 29.4 Å². The first-order valence-corrected chi connectivity index (χ1v) is 8.57. The molecular weight excluding hydrogens is 296 g/mol. The molecule has 3 rings (SSSR count). The van der Waals surface area contributed by atoms with E-state index in [0.29, 0.717) is 6.04 Å². The number of nitrogens with one attached hydrogen (secondary N) is 1. The molecule has 2 aromatic heterocycles. The van der Waals surface area contributed by atoms with Gasteiger partial charge in [-0.2, -0.15) is 0 Å². The van der Waals surface area contributed by atoms with Crippen LogP contribution in [0.5, 0.6) is 0 Å². The van der Waals surface area contributed by atoms with Gasteiger partial charge in [0.05, 0.1) is 11.6 Å². The number of carbonyl (C=O) groups excluding carboxylic acids is 1. The van der Waals surface area contributed by atoms with Crippen molar-refractivity contribution in [2.75, 3.05) is 13.6 Å². The van der Waals surface area contributed by atoms with Crippen LogP contribution in [-0.2, 0) is 13.6 Å². The number of amides is 1. The molecule has 0 unspecified atom stereocenters. The van der Waals surface area contributed by atoms with Gasteiger partial charge in [0.25, 0.3) is 5.91 Å². The Hall–Kier alpha value is -1.66. The number of hydrogen-bond acceptors (Lipinski definition) is 4. The predicted molar refractivity (Wildman–Crippen MR) is 87.9 cm³/mol. The fourth-order valence-corrected chi connectivity index (χ4v) is 3.87. The molecule has 1 saturated heterocycles. The van der Waals surface area contributed by atoms with Crippen LogP contribution in [0.25, 0.3) is 0 Å². The van der Waals surface area contributed by atoms with Crippen LogP contribution in [0.1, 0.15) is 46.4 Å². The number of nitrogens with zero attached hydrogens (tertiary/aromatic N) is 3. The van der Waals surface area contributed by atoms with Gasteiger partial charge >= 0.3 is 0 Å². The molecule has 1 aliphatic heterocycles.